The van der Waals surface area contributed by atoms with E-state index in [-0.39, 0.29) is 50.2 Å². The third-order valence-electron chi connectivity index (χ3n) is 22.0. The smallest absolute Gasteiger partial charge is 0.305 e. The Kier molecular flexibility index (Phi) is 40.7. The lowest BCUT2D eigenvalue weighted by atomic mass is 9.96. The van der Waals surface area contributed by atoms with Gasteiger partial charge in [-0.05, 0) is 95.0 Å². The number of amides is 17. The normalized spacial score (nSPS) is 23.1. The number of nitrogens with one attached hydrogen (secondary N) is 14. The number of likely N-dealkylation sites (N-methyl/N-ethyl adjacent to an activating group) is 2. The van der Waals surface area contributed by atoms with Crippen LogP contribution in [0.4, 0.5) is 0 Å². The number of carboxylic acid groups (broad SMARTS) is 1. The summed E-state index contributed by atoms with van der Waals surface area (Å²) in [5, 5.41) is 65.3. The lowest BCUT2D eigenvalue weighted by Crippen LogP contribution is -2.61. The summed E-state index contributed by atoms with van der Waals surface area (Å²) in [4.78, 5) is 263. The molecular formula is C92H122N18O21S. The number of hydrogen-bond donors (Lipinski definition) is 19. The first-order valence-electron chi connectivity index (χ1n) is 43.4. The number of aromatic nitrogens is 1. The number of phenolic OH excluding ortho intramolecular Hbond substituents is 1. The number of carboxylic acids is 1. The van der Waals surface area contributed by atoms with Crippen molar-refractivity contribution in [2.45, 2.75) is 199 Å². The number of rotatable bonds is 24. The highest BCUT2D eigenvalue weighted by Gasteiger charge is 2.41. The van der Waals surface area contributed by atoms with Crippen LogP contribution in [0.25, 0.3) is 22.0 Å². The van der Waals surface area contributed by atoms with E-state index in [9.17, 15) is 72.9 Å². The quantitative estimate of drug-likeness (QED) is 0.0360. The van der Waals surface area contributed by atoms with Crippen LogP contribution in [0.3, 0.4) is 0 Å². The highest BCUT2D eigenvalue weighted by molar-refractivity contribution is 8.00. The van der Waals surface area contributed by atoms with Crippen LogP contribution in [0, 0.1) is 23.7 Å². The summed E-state index contributed by atoms with van der Waals surface area (Å²) in [7, 11) is 2.48. The first-order valence-corrected chi connectivity index (χ1v) is 44.6. The first kappa shape index (κ1) is 105. The van der Waals surface area contributed by atoms with Crippen molar-refractivity contribution in [3.05, 3.63) is 162 Å². The number of nitrogens with zero attached hydrogens (tertiary/aromatic N) is 2. The van der Waals surface area contributed by atoms with Crippen molar-refractivity contribution >= 4 is 129 Å². The van der Waals surface area contributed by atoms with Crippen molar-refractivity contribution in [1.29, 1.82) is 0 Å². The fourth-order valence-corrected chi connectivity index (χ4v) is 15.3. The minimum Gasteiger partial charge on any atom is -0.508 e. The molecule has 0 unspecified atom stereocenters. The second kappa shape index (κ2) is 51.0. The molecule has 17 amide bonds. The van der Waals surface area contributed by atoms with Gasteiger partial charge < -0.3 is 111 Å². The summed E-state index contributed by atoms with van der Waals surface area (Å²) >= 11 is 0.704. The molecule has 0 aliphatic carbocycles. The van der Waals surface area contributed by atoms with Crippen molar-refractivity contribution in [3.63, 3.8) is 0 Å². The number of carbonyl (C=O) groups is 18. The van der Waals surface area contributed by atoms with Crippen molar-refractivity contribution < 1.29 is 102 Å². The van der Waals surface area contributed by atoms with Crippen LogP contribution in [-0.2, 0) is 112 Å². The number of aliphatic carboxylic acids is 1. The molecule has 1 fully saturated rings. The molecule has 1 aromatic heterocycles. The van der Waals surface area contributed by atoms with Crippen LogP contribution in [0.15, 0.2) is 140 Å². The highest BCUT2D eigenvalue weighted by Crippen LogP contribution is 2.24. The zero-order chi connectivity index (χ0) is 97.3. The van der Waals surface area contributed by atoms with Crippen LogP contribution < -0.4 is 80.6 Å². The molecule has 40 heteroatoms. The number of H-pyrrole nitrogens is 1. The number of benzene rings is 5. The number of phenols is 1. The van der Waals surface area contributed by atoms with Gasteiger partial charge in [0.1, 0.15) is 84.3 Å². The number of carbonyl (C=O) groups excluding carboxylic acids is 17. The number of fused-ring (bicyclic) bond motifs is 1. The number of primary amides is 2. The van der Waals surface area contributed by atoms with E-state index in [2.05, 4.69) is 74.1 Å². The van der Waals surface area contributed by atoms with Gasteiger partial charge in [-0.15, -0.1) is 11.8 Å². The molecular weight excluding hydrogens is 1730 g/mol. The number of aromatic amines is 1. The summed E-state index contributed by atoms with van der Waals surface area (Å²) in [6, 6.07) is 15.5. The van der Waals surface area contributed by atoms with Gasteiger partial charge in [-0.2, -0.15) is 0 Å². The Balaban J connectivity index is 1.31. The first-order chi connectivity index (χ1) is 62.5. The molecule has 5 aromatic carbocycles. The monoisotopic (exact) mass is 1850 g/mol. The maximum Gasteiger partial charge on any atom is 0.305 e. The number of thioether (sulfide) groups is 1. The Hall–Kier alpha value is -13.8. The van der Waals surface area contributed by atoms with Gasteiger partial charge in [0.05, 0.1) is 38.3 Å². The van der Waals surface area contributed by atoms with E-state index in [1.54, 1.807) is 140 Å². The zero-order valence-corrected chi connectivity index (χ0v) is 76.5. The predicted octanol–water partition coefficient (Wildman–Crippen LogP) is -0.581. The minimum atomic E-state index is -2.06. The van der Waals surface area contributed by atoms with Gasteiger partial charge in [-0.3, -0.25) is 86.3 Å². The van der Waals surface area contributed by atoms with E-state index in [0.29, 0.717) is 44.9 Å². The maximum atomic E-state index is 15.4. The van der Waals surface area contributed by atoms with Crippen LogP contribution in [0.2, 0.25) is 0 Å². The molecule has 21 N–H and O–H groups in total. The number of aliphatic hydroxyl groups is 1. The fraction of sp³-hybridized carbons (Fsp3) is 0.457. The molecule has 39 nitrogen and oxygen atoms in total. The molecule has 712 valence electrons. The average molecular weight is 1850 g/mol. The van der Waals surface area contributed by atoms with E-state index in [0.717, 1.165) is 20.9 Å². The number of aliphatic hydroxyl groups excluding tert-OH is 1. The Labute approximate surface area is 768 Å². The molecule has 14 atom stereocenters. The molecule has 132 heavy (non-hydrogen) atoms. The summed E-state index contributed by atoms with van der Waals surface area (Å²) in [6.07, 6.45) is -1.75. The molecule has 1 aliphatic heterocycles. The molecule has 1 aliphatic rings. The van der Waals surface area contributed by atoms with Crippen molar-refractivity contribution in [2.75, 3.05) is 45.3 Å². The number of nitrogens with two attached hydrogens (primary N) is 2. The van der Waals surface area contributed by atoms with E-state index >= 15 is 28.8 Å². The number of para-hydroxylation sites is 1. The third kappa shape index (κ3) is 32.7. The predicted molar refractivity (Wildman–Crippen MR) is 488 cm³/mol. The summed E-state index contributed by atoms with van der Waals surface area (Å²) < 4.78 is 0. The van der Waals surface area contributed by atoms with E-state index in [1.165, 1.54) is 45.3 Å². The average Bonchev–Trinajstić information content (AvgIpc) is 1.61. The van der Waals surface area contributed by atoms with E-state index in [1.807, 2.05) is 30.3 Å². The molecule has 6 aromatic rings. The van der Waals surface area contributed by atoms with Gasteiger partial charge in [-0.1, -0.05) is 177 Å². The molecule has 1 saturated heterocycles. The van der Waals surface area contributed by atoms with Crippen LogP contribution in [0.1, 0.15) is 117 Å². The van der Waals surface area contributed by atoms with Crippen molar-refractivity contribution in [1.82, 2.24) is 83.9 Å². The molecule has 0 saturated carbocycles. The van der Waals surface area contributed by atoms with Crippen LogP contribution >= 0.6 is 11.8 Å². The Morgan fingerprint density at radius 2 is 0.902 bits per heavy atom. The lowest BCUT2D eigenvalue weighted by Gasteiger charge is -2.33. The summed E-state index contributed by atoms with van der Waals surface area (Å²) in [5.74, 6) is -22.6. The number of hydrogen-bond acceptors (Lipinski definition) is 21. The van der Waals surface area contributed by atoms with Gasteiger partial charge in [0.25, 0.3) is 0 Å². The SMILES string of the molecule is CC[C@H](C)[C@@H]1NC(=O)[C@H](CC(C)C)NC(=O)[C@H](CC(N)=O)NC(=O)CN(C)C(=O)[C@H](C)N(C)C(=O)[C@H](C(C)C)NC(=O)[C@H](Cc2ccc(-c3ccccc3)cc2)NC(=O)[C@H](CC(C)C)NC(=O)[C@H](Cc2c[nH]c3ccccc23)NC(=O)[C@H](CC(=O)O)NC(=O)[C@H](Cc2ccc(O)cc2)NC(=O)[C@H](Cc2ccccc2)NC(=O)CSC[C@@H](C(=O)NCC(N)=O)NC(=O)[C@H](CO)NC1=O. The maximum absolute atomic E-state index is 15.4. The topological polar surface area (TPSA) is 599 Å². The second-order valence-electron chi connectivity index (χ2n) is 34.0. The minimum absolute atomic E-state index is 0.119. The molecule has 7 rings (SSSR count). The second-order valence-corrected chi connectivity index (χ2v) is 35.0. The van der Waals surface area contributed by atoms with Crippen molar-refractivity contribution in [2.24, 2.45) is 35.1 Å². The Morgan fingerprint density at radius 3 is 1.42 bits per heavy atom. The fourth-order valence-electron chi connectivity index (χ4n) is 14.5. The molecule has 2 heterocycles. The van der Waals surface area contributed by atoms with Crippen LogP contribution in [-0.4, -0.2) is 260 Å². The standard InChI is InChI=1S/C92H122N18O21S/c1-12-52(8)79-90(129)105-71(46-111)89(128)106-72(80(119)96-44-74(94)114)47-132-48-76(116)98-65(37-54-21-15-13-16-22-54)82(121)101-66(39-56-29-33-60(112)34-30-56)83(122)104-70(42-77(117)118)86(125)103-68(40-59-43-95-62-26-20-19-25-61(59)62)84(123)99-63(35-49(2)3)81(120)102-67(38-55-27-31-58(32-28-55)57-23-17-14-18-24-57)88(127)107-78(51(6)7)92(131)110(11)53(9)91(130)109(10)45-75(115)97-69(41-73(93)113)85(124)100-64(36-50(4)5)87(126)108-79/h13-34,43,49-53,63-72,78-79,95,111-112H,12,35-42,44-48H2,1-11H3,(H2,93,113)(H2,94,114)(H,96,119)(H,97,115)(H,98,116)(H,99,123)(H,100,124)(H,101,121)(H,102,120)(H,103,125)(H,104,122)(H,105,129)(H,106,128)(H,107,127)(H,108,126)(H,117,118)/t52-,53-,63-,64-,65-,66-,67-,68-,69-,70-,71-,72-,78-,79-/m0/s1. The van der Waals surface area contributed by atoms with E-state index in [4.69, 9.17) is 11.5 Å². The Morgan fingerprint density at radius 1 is 0.470 bits per heavy atom. The zero-order valence-electron chi connectivity index (χ0n) is 75.6. The van der Waals surface area contributed by atoms with E-state index < -0.39 is 253 Å². The van der Waals surface area contributed by atoms with Gasteiger partial charge in [0, 0.05) is 62.6 Å². The van der Waals surface area contributed by atoms with Gasteiger partial charge in [0.2, 0.25) is 100 Å². The van der Waals surface area contributed by atoms with Crippen LogP contribution in [0.5, 0.6) is 5.75 Å². The van der Waals surface area contributed by atoms with Gasteiger partial charge in [-0.25, -0.2) is 0 Å². The number of aromatic hydroxyl groups is 1. The molecule has 0 radical (unpaired) electrons. The Bertz CT molecular complexity index is 5060. The van der Waals surface area contributed by atoms with Crippen molar-refractivity contribution in [3.8, 4) is 16.9 Å². The summed E-state index contributed by atoms with van der Waals surface area (Å²) in [6.45, 7) is 11.9. The molecule has 0 bridgehead atoms. The van der Waals surface area contributed by atoms with Gasteiger partial charge >= 0.3 is 5.97 Å². The van der Waals surface area contributed by atoms with Gasteiger partial charge in [0.15, 0.2) is 0 Å². The lowest BCUT2D eigenvalue weighted by molar-refractivity contribution is -0.147. The third-order valence-corrected chi connectivity index (χ3v) is 23.1. The highest BCUT2D eigenvalue weighted by atomic mass is 32.2. The summed E-state index contributed by atoms with van der Waals surface area (Å²) in [5.41, 5.74) is 14.9. The molecule has 0 spiro atoms. The largest absolute Gasteiger partial charge is 0.508 e.